The maximum Gasteiger partial charge on any atom is 0.448 e. The molecule has 0 radical (unpaired) electrons. The minimum atomic E-state index is -4.40. The largest absolute Gasteiger partial charge is 0.489 e. The van der Waals surface area contributed by atoms with Crippen LogP contribution in [0.3, 0.4) is 0 Å². The molecule has 0 aromatic rings. The Morgan fingerprint density at radius 2 is 1.77 bits per heavy atom. The van der Waals surface area contributed by atoms with Crippen LogP contribution in [0.15, 0.2) is 23.5 Å². The number of allylic oxidation sites excluding steroid dienone is 4. The van der Waals surface area contributed by atoms with Crippen molar-refractivity contribution in [1.29, 1.82) is 0 Å². The third-order valence-corrected chi connectivity index (χ3v) is 1.15. The number of rotatable bonds is 3. The van der Waals surface area contributed by atoms with E-state index in [-0.39, 0.29) is 6.61 Å². The van der Waals surface area contributed by atoms with Crippen molar-refractivity contribution in [1.82, 2.24) is 0 Å². The summed E-state index contributed by atoms with van der Waals surface area (Å²) in [6, 6.07) is 0. The third kappa shape index (κ3) is 5.33. The molecule has 0 saturated carbocycles. The zero-order valence-electron chi connectivity index (χ0n) is 7.90. The quantitative estimate of drug-likeness (QED) is 0.494. The molecule has 0 unspecified atom stereocenters. The van der Waals surface area contributed by atoms with Crippen molar-refractivity contribution in [3.8, 4) is 0 Å². The maximum absolute atomic E-state index is 12.1. The van der Waals surface area contributed by atoms with E-state index in [4.69, 9.17) is 0 Å². The van der Waals surface area contributed by atoms with E-state index in [9.17, 15) is 13.2 Å². The number of halogens is 3. The van der Waals surface area contributed by atoms with Crippen LogP contribution in [-0.4, -0.2) is 12.8 Å². The fourth-order valence-electron chi connectivity index (χ4n) is 0.622. The van der Waals surface area contributed by atoms with Crippen LogP contribution in [0.25, 0.3) is 0 Å². The van der Waals surface area contributed by atoms with Gasteiger partial charge in [-0.1, -0.05) is 11.6 Å². The van der Waals surface area contributed by atoms with Crippen molar-refractivity contribution < 1.29 is 17.9 Å². The highest BCUT2D eigenvalue weighted by atomic mass is 19.4. The van der Waals surface area contributed by atoms with Crippen LogP contribution >= 0.6 is 0 Å². The van der Waals surface area contributed by atoms with Crippen LogP contribution in [0.1, 0.15) is 20.8 Å². The lowest BCUT2D eigenvalue weighted by molar-refractivity contribution is -0.130. The van der Waals surface area contributed by atoms with Gasteiger partial charge in [0.25, 0.3) is 0 Å². The maximum atomic E-state index is 12.1. The van der Waals surface area contributed by atoms with Crippen LogP contribution in [0.5, 0.6) is 0 Å². The average molecular weight is 194 g/mol. The normalized spacial score (nSPS) is 12.6. The number of hydrogen-bond acceptors (Lipinski definition) is 1. The van der Waals surface area contributed by atoms with E-state index in [0.29, 0.717) is 0 Å². The van der Waals surface area contributed by atoms with Crippen molar-refractivity contribution in [2.75, 3.05) is 6.61 Å². The lowest BCUT2D eigenvalue weighted by Crippen LogP contribution is -2.14. The molecule has 0 bridgehead atoms. The summed E-state index contributed by atoms with van der Waals surface area (Å²) >= 11 is 0. The van der Waals surface area contributed by atoms with E-state index in [0.717, 1.165) is 11.6 Å². The van der Waals surface area contributed by atoms with Crippen molar-refractivity contribution in [3.63, 3.8) is 0 Å². The zero-order chi connectivity index (χ0) is 10.5. The lowest BCUT2D eigenvalue weighted by atomic mass is 10.3. The number of alkyl halides is 3. The molecule has 13 heavy (non-hydrogen) atoms. The van der Waals surface area contributed by atoms with Gasteiger partial charge in [0.05, 0.1) is 6.61 Å². The predicted octanol–water partition coefficient (Wildman–Crippen LogP) is 3.44. The second-order valence-electron chi connectivity index (χ2n) is 2.71. The summed E-state index contributed by atoms with van der Waals surface area (Å²) in [6.07, 6.45) is -2.08. The monoisotopic (exact) mass is 194 g/mol. The van der Waals surface area contributed by atoms with Gasteiger partial charge in [-0.15, -0.1) is 0 Å². The molecule has 0 spiro atoms. The smallest absolute Gasteiger partial charge is 0.448 e. The molecule has 0 aromatic carbocycles. The van der Waals surface area contributed by atoms with Gasteiger partial charge in [-0.05, 0) is 26.8 Å². The van der Waals surface area contributed by atoms with Gasteiger partial charge in [-0.25, -0.2) is 0 Å². The Balaban J connectivity index is 4.61. The number of ether oxygens (including phenoxy) is 1. The Bertz CT molecular complexity index is 209. The van der Waals surface area contributed by atoms with Gasteiger partial charge in [-0.2, -0.15) is 13.2 Å². The summed E-state index contributed by atoms with van der Waals surface area (Å²) in [5.41, 5.74) is 0.793. The van der Waals surface area contributed by atoms with Crippen LogP contribution in [-0.2, 0) is 4.74 Å². The Morgan fingerprint density at radius 1 is 1.23 bits per heavy atom. The molecule has 0 heterocycles. The molecule has 0 aliphatic rings. The van der Waals surface area contributed by atoms with Gasteiger partial charge in [0, 0.05) is 0 Å². The van der Waals surface area contributed by atoms with E-state index >= 15 is 0 Å². The lowest BCUT2D eigenvalue weighted by Gasteiger charge is -2.10. The summed E-state index contributed by atoms with van der Waals surface area (Å²) in [6.45, 7) is 4.97. The van der Waals surface area contributed by atoms with Gasteiger partial charge in [0.15, 0.2) is 0 Å². The van der Waals surface area contributed by atoms with E-state index in [1.54, 1.807) is 13.8 Å². The van der Waals surface area contributed by atoms with Crippen LogP contribution in [0.4, 0.5) is 13.2 Å². The SMILES string of the molecule is CCO/C(=C\C=C(C)C)C(F)(F)F. The first kappa shape index (κ1) is 12.1. The molecule has 0 aliphatic carbocycles. The predicted molar refractivity (Wildman–Crippen MR) is 45.2 cm³/mol. The summed E-state index contributed by atoms with van der Waals surface area (Å²) in [5.74, 6) is -0.948. The Labute approximate surface area is 75.9 Å². The van der Waals surface area contributed by atoms with E-state index in [1.165, 1.54) is 13.0 Å². The Kier molecular flexibility index (Phi) is 4.59. The van der Waals surface area contributed by atoms with Crippen molar-refractivity contribution >= 4 is 0 Å². The molecule has 0 aromatic heterocycles. The van der Waals surface area contributed by atoms with Crippen LogP contribution in [0.2, 0.25) is 0 Å². The van der Waals surface area contributed by atoms with Gasteiger partial charge in [0.2, 0.25) is 5.76 Å². The molecule has 76 valence electrons. The molecule has 0 aliphatic heterocycles. The van der Waals surface area contributed by atoms with Gasteiger partial charge in [-0.3, -0.25) is 0 Å². The summed E-state index contributed by atoms with van der Waals surface area (Å²) < 4.78 is 40.9. The van der Waals surface area contributed by atoms with Gasteiger partial charge in [0.1, 0.15) is 0 Å². The minimum Gasteiger partial charge on any atom is -0.489 e. The second-order valence-corrected chi connectivity index (χ2v) is 2.71. The fraction of sp³-hybridized carbons (Fsp3) is 0.556. The van der Waals surface area contributed by atoms with E-state index < -0.39 is 11.9 Å². The first-order valence-corrected chi connectivity index (χ1v) is 3.93. The van der Waals surface area contributed by atoms with Crippen LogP contribution < -0.4 is 0 Å². The minimum absolute atomic E-state index is 0.0158. The van der Waals surface area contributed by atoms with E-state index in [1.807, 2.05) is 0 Å². The molecule has 0 atom stereocenters. The molecule has 4 heteroatoms. The van der Waals surface area contributed by atoms with Crippen molar-refractivity contribution in [2.24, 2.45) is 0 Å². The first-order chi connectivity index (χ1) is 5.88. The summed E-state index contributed by atoms with van der Waals surface area (Å²) in [5, 5.41) is 0. The number of hydrogen-bond donors (Lipinski definition) is 0. The molecule has 0 amide bonds. The highest BCUT2D eigenvalue weighted by Crippen LogP contribution is 2.26. The van der Waals surface area contributed by atoms with Crippen molar-refractivity contribution in [3.05, 3.63) is 23.5 Å². The van der Waals surface area contributed by atoms with Crippen LogP contribution in [0, 0.1) is 0 Å². The molecule has 0 N–H and O–H groups in total. The molecule has 0 saturated heterocycles. The highest BCUT2D eigenvalue weighted by Gasteiger charge is 2.35. The second kappa shape index (κ2) is 4.94. The fourth-order valence-corrected chi connectivity index (χ4v) is 0.622. The molecule has 1 nitrogen and oxygen atoms in total. The topological polar surface area (TPSA) is 9.23 Å². The highest BCUT2D eigenvalue weighted by molar-refractivity contribution is 5.14. The third-order valence-electron chi connectivity index (χ3n) is 1.15. The Morgan fingerprint density at radius 3 is 2.08 bits per heavy atom. The zero-order valence-corrected chi connectivity index (χ0v) is 7.90. The molecular formula is C9H13F3O. The standard InChI is InChI=1S/C9H13F3O/c1-4-13-8(9(10,11)12)6-5-7(2)3/h5-6H,4H2,1-3H3/b8-6-. The molecule has 0 rings (SSSR count). The van der Waals surface area contributed by atoms with Gasteiger partial charge < -0.3 is 4.74 Å². The van der Waals surface area contributed by atoms with Crippen molar-refractivity contribution in [2.45, 2.75) is 26.9 Å². The summed E-state index contributed by atoms with van der Waals surface area (Å²) in [7, 11) is 0. The molecular weight excluding hydrogens is 181 g/mol. The van der Waals surface area contributed by atoms with E-state index in [2.05, 4.69) is 4.74 Å². The molecule has 0 fully saturated rings. The average Bonchev–Trinajstić information content (AvgIpc) is 1.95. The first-order valence-electron chi connectivity index (χ1n) is 3.93. The van der Waals surface area contributed by atoms with Gasteiger partial charge >= 0.3 is 6.18 Å². The summed E-state index contributed by atoms with van der Waals surface area (Å²) in [4.78, 5) is 0. The Hall–Kier alpha value is -0.930.